The molecule has 0 aliphatic carbocycles. The third-order valence-corrected chi connectivity index (χ3v) is 7.04. The van der Waals surface area contributed by atoms with Gasteiger partial charge in [-0.2, -0.15) is 0 Å². The number of carbonyl (C=O) groups is 1. The predicted molar refractivity (Wildman–Crippen MR) is 139 cm³/mol. The van der Waals surface area contributed by atoms with Gasteiger partial charge in [0.25, 0.3) is 5.91 Å². The lowest BCUT2D eigenvalue weighted by Crippen LogP contribution is -2.44. The molecule has 0 atom stereocenters. The number of benzene rings is 2. The third kappa shape index (κ3) is 6.40. The van der Waals surface area contributed by atoms with E-state index in [0.29, 0.717) is 5.56 Å². The van der Waals surface area contributed by atoms with Crippen molar-refractivity contribution >= 4 is 11.6 Å². The number of amides is 1. The predicted octanol–water partition coefficient (Wildman–Crippen LogP) is 4.52. The van der Waals surface area contributed by atoms with E-state index in [1.54, 1.807) is 0 Å². The van der Waals surface area contributed by atoms with E-state index >= 15 is 0 Å². The van der Waals surface area contributed by atoms with E-state index in [2.05, 4.69) is 62.6 Å². The minimum absolute atomic E-state index is 0.00975. The highest BCUT2D eigenvalue weighted by atomic mass is 16.5. The molecule has 2 saturated heterocycles. The number of nitrogens with one attached hydrogen (secondary N) is 1. The maximum absolute atomic E-state index is 12.9. The molecule has 0 saturated carbocycles. The number of carbonyl (C=O) groups excluding carboxylic acids is 1. The molecule has 2 aromatic carbocycles. The largest absolute Gasteiger partial charge is 0.490 e. The van der Waals surface area contributed by atoms with Crippen molar-refractivity contribution in [2.24, 2.45) is 0 Å². The molecule has 3 heterocycles. The summed E-state index contributed by atoms with van der Waals surface area (Å²) in [5.74, 6) is 0.766. The minimum Gasteiger partial charge on any atom is -0.490 e. The minimum atomic E-state index is -0.00975. The van der Waals surface area contributed by atoms with Crippen LogP contribution < -0.4 is 15.0 Å². The van der Waals surface area contributed by atoms with E-state index in [1.165, 1.54) is 11.3 Å². The van der Waals surface area contributed by atoms with Crippen LogP contribution in [0.3, 0.4) is 0 Å². The number of piperidine rings is 2. The van der Waals surface area contributed by atoms with Gasteiger partial charge in [-0.3, -0.25) is 14.7 Å². The summed E-state index contributed by atoms with van der Waals surface area (Å²) in [5.41, 5.74) is 3.22. The average Bonchev–Trinajstić information content (AvgIpc) is 2.91. The molecule has 2 aliphatic heterocycles. The Labute approximate surface area is 207 Å². The lowest BCUT2D eigenvalue weighted by Gasteiger charge is -2.33. The Morgan fingerprint density at radius 3 is 2.37 bits per heavy atom. The van der Waals surface area contributed by atoms with Crippen molar-refractivity contribution in [2.75, 3.05) is 31.1 Å². The molecule has 1 amide bonds. The van der Waals surface area contributed by atoms with Gasteiger partial charge < -0.3 is 15.0 Å². The van der Waals surface area contributed by atoms with Crippen molar-refractivity contribution < 1.29 is 9.53 Å². The summed E-state index contributed by atoms with van der Waals surface area (Å²) in [4.78, 5) is 21.9. The molecule has 35 heavy (non-hydrogen) atoms. The molecule has 6 nitrogen and oxygen atoms in total. The van der Waals surface area contributed by atoms with Gasteiger partial charge in [0.05, 0.1) is 0 Å². The van der Waals surface area contributed by atoms with Gasteiger partial charge in [0, 0.05) is 75.3 Å². The number of ether oxygens (including phenoxy) is 1. The topological polar surface area (TPSA) is 57.7 Å². The zero-order valence-electron chi connectivity index (χ0n) is 20.2. The number of nitrogens with zero attached hydrogens (tertiary/aromatic N) is 3. The van der Waals surface area contributed by atoms with Gasteiger partial charge in [-0.25, -0.2) is 0 Å². The maximum Gasteiger partial charge on any atom is 0.251 e. The molecule has 182 valence electrons. The van der Waals surface area contributed by atoms with Crippen molar-refractivity contribution in [3.05, 3.63) is 90.3 Å². The van der Waals surface area contributed by atoms with Crippen molar-refractivity contribution in [1.82, 2.24) is 15.2 Å². The van der Waals surface area contributed by atoms with Crippen LogP contribution in [0.5, 0.6) is 5.75 Å². The summed E-state index contributed by atoms with van der Waals surface area (Å²) in [6.07, 6.45) is 7.71. The molecule has 0 bridgehead atoms. The van der Waals surface area contributed by atoms with Gasteiger partial charge in [0.1, 0.15) is 11.9 Å². The highest BCUT2D eigenvalue weighted by molar-refractivity contribution is 5.94. The zero-order chi connectivity index (χ0) is 23.9. The van der Waals surface area contributed by atoms with Crippen LogP contribution in [0.4, 0.5) is 5.69 Å². The molecule has 0 spiro atoms. The lowest BCUT2D eigenvalue weighted by molar-refractivity contribution is 0.0907. The van der Waals surface area contributed by atoms with Crippen LogP contribution in [-0.4, -0.2) is 54.1 Å². The monoisotopic (exact) mass is 470 g/mol. The molecule has 0 radical (unpaired) electrons. The highest BCUT2D eigenvalue weighted by Crippen LogP contribution is 2.24. The van der Waals surface area contributed by atoms with Gasteiger partial charge in [0.2, 0.25) is 0 Å². The van der Waals surface area contributed by atoms with Gasteiger partial charge in [-0.15, -0.1) is 0 Å². The fourth-order valence-corrected chi connectivity index (χ4v) is 5.04. The second-order valence-corrected chi connectivity index (χ2v) is 9.55. The van der Waals surface area contributed by atoms with E-state index in [0.717, 1.165) is 64.2 Å². The van der Waals surface area contributed by atoms with Crippen LogP contribution in [0.25, 0.3) is 0 Å². The number of anilines is 1. The first-order valence-electron chi connectivity index (χ1n) is 12.7. The Hall–Kier alpha value is -3.38. The van der Waals surface area contributed by atoms with Crippen LogP contribution in [0, 0.1) is 0 Å². The van der Waals surface area contributed by atoms with Crippen molar-refractivity contribution in [3.63, 3.8) is 0 Å². The fraction of sp³-hybridized carbons (Fsp3) is 0.379. The summed E-state index contributed by atoms with van der Waals surface area (Å²) >= 11 is 0. The number of pyridine rings is 1. The first kappa shape index (κ1) is 23.4. The highest BCUT2D eigenvalue weighted by Gasteiger charge is 2.23. The van der Waals surface area contributed by atoms with Crippen LogP contribution in [0.1, 0.15) is 41.6 Å². The summed E-state index contributed by atoms with van der Waals surface area (Å²) in [7, 11) is 0. The van der Waals surface area contributed by atoms with E-state index in [-0.39, 0.29) is 18.1 Å². The van der Waals surface area contributed by atoms with E-state index in [1.807, 2.05) is 36.7 Å². The number of aromatic nitrogens is 1. The standard InChI is InChI=1S/C29H34N4O2/c34-29(31-25-11-17-32(18-12-25)22-23-5-2-1-3-6-23)24-7-4-8-28(21-24)35-27-13-19-33(20-14-27)26-9-15-30-16-10-26/h1-10,15-16,21,25,27H,11-14,17-20,22H2,(H,31,34). The fourth-order valence-electron chi connectivity index (χ4n) is 5.04. The maximum atomic E-state index is 12.9. The number of rotatable bonds is 7. The Kier molecular flexibility index (Phi) is 7.59. The first-order chi connectivity index (χ1) is 17.2. The Balaban J connectivity index is 1.08. The molecule has 1 N–H and O–H groups in total. The molecule has 5 rings (SSSR count). The molecule has 2 fully saturated rings. The first-order valence-corrected chi connectivity index (χ1v) is 12.7. The zero-order valence-corrected chi connectivity index (χ0v) is 20.2. The summed E-state index contributed by atoms with van der Waals surface area (Å²) in [6, 6.07) is 22.5. The van der Waals surface area contributed by atoms with Gasteiger partial charge in [-0.1, -0.05) is 36.4 Å². The van der Waals surface area contributed by atoms with Crippen LogP contribution in [0.2, 0.25) is 0 Å². The number of hydrogen-bond acceptors (Lipinski definition) is 5. The van der Waals surface area contributed by atoms with Crippen LogP contribution >= 0.6 is 0 Å². The van der Waals surface area contributed by atoms with Gasteiger partial charge >= 0.3 is 0 Å². The molecule has 3 aromatic rings. The Morgan fingerprint density at radius 2 is 1.63 bits per heavy atom. The number of likely N-dealkylation sites (tertiary alicyclic amines) is 1. The van der Waals surface area contributed by atoms with Gasteiger partial charge in [-0.05, 0) is 48.7 Å². The van der Waals surface area contributed by atoms with Crippen LogP contribution in [-0.2, 0) is 6.54 Å². The second kappa shape index (κ2) is 11.4. The van der Waals surface area contributed by atoms with E-state index < -0.39 is 0 Å². The summed E-state index contributed by atoms with van der Waals surface area (Å²) in [6.45, 7) is 4.89. The molecule has 2 aliphatic rings. The van der Waals surface area contributed by atoms with Crippen molar-refractivity contribution in [1.29, 1.82) is 0 Å². The lowest BCUT2D eigenvalue weighted by atomic mass is 10.0. The number of hydrogen-bond donors (Lipinski definition) is 1. The average molecular weight is 471 g/mol. The van der Waals surface area contributed by atoms with Gasteiger partial charge in [0.15, 0.2) is 0 Å². The van der Waals surface area contributed by atoms with E-state index in [4.69, 9.17) is 4.74 Å². The SMILES string of the molecule is O=C(NC1CCN(Cc2ccccc2)CC1)c1cccc(OC2CCN(c3ccncc3)CC2)c1. The van der Waals surface area contributed by atoms with E-state index in [9.17, 15) is 4.79 Å². The molecular weight excluding hydrogens is 436 g/mol. The summed E-state index contributed by atoms with van der Waals surface area (Å²) in [5, 5.41) is 3.24. The van der Waals surface area contributed by atoms with Crippen molar-refractivity contribution in [2.45, 2.75) is 44.4 Å². The second-order valence-electron chi connectivity index (χ2n) is 9.55. The molecular formula is C29H34N4O2. The molecule has 6 heteroatoms. The summed E-state index contributed by atoms with van der Waals surface area (Å²) < 4.78 is 6.27. The normalized spacial score (nSPS) is 17.8. The quantitative estimate of drug-likeness (QED) is 0.550. The smallest absolute Gasteiger partial charge is 0.251 e. The Bertz CT molecular complexity index is 1080. The molecule has 1 aromatic heterocycles. The van der Waals surface area contributed by atoms with Crippen LogP contribution in [0.15, 0.2) is 79.1 Å². The van der Waals surface area contributed by atoms with Crippen molar-refractivity contribution in [3.8, 4) is 5.75 Å². The molecule has 0 unspecified atom stereocenters. The third-order valence-electron chi connectivity index (χ3n) is 7.04. The Morgan fingerprint density at radius 1 is 0.886 bits per heavy atom.